The number of benzene rings is 1. The third-order valence-electron chi connectivity index (χ3n) is 4.38. The molecule has 1 amide bonds. The lowest BCUT2D eigenvalue weighted by atomic mass is 9.78. The first-order chi connectivity index (χ1) is 11.0. The minimum Gasteiger partial charge on any atom is -0.384 e. The van der Waals surface area contributed by atoms with E-state index in [-0.39, 0.29) is 11.9 Å². The molecular formula is C17H24Cl2N2O2. The number of carbonyl (C=O) groups is 1. The summed E-state index contributed by atoms with van der Waals surface area (Å²) in [6, 6.07) is 5.44. The number of nitrogens with one attached hydrogen (secondary N) is 2. The minimum atomic E-state index is -0.432. The number of amides is 1. The quantitative estimate of drug-likeness (QED) is 0.821. The zero-order valence-electron chi connectivity index (χ0n) is 13.6. The number of halogens is 2. The average Bonchev–Trinajstić information content (AvgIpc) is 2.51. The first-order valence-electron chi connectivity index (χ1n) is 7.91. The maximum atomic E-state index is 12.8. The van der Waals surface area contributed by atoms with E-state index >= 15 is 0 Å². The minimum absolute atomic E-state index is 0.00945. The van der Waals surface area contributed by atoms with Crippen LogP contribution in [0.2, 0.25) is 10.0 Å². The number of carbonyl (C=O) groups excluding carboxylic acids is 1. The molecule has 1 atom stereocenters. The van der Waals surface area contributed by atoms with Crippen molar-refractivity contribution in [3.63, 3.8) is 0 Å². The predicted molar refractivity (Wildman–Crippen MR) is 94.2 cm³/mol. The highest BCUT2D eigenvalue weighted by Gasteiger charge is 2.40. The molecule has 1 aromatic rings. The van der Waals surface area contributed by atoms with Gasteiger partial charge in [-0.1, -0.05) is 29.3 Å². The monoisotopic (exact) mass is 358 g/mol. The highest BCUT2D eigenvalue weighted by Crippen LogP contribution is 2.30. The summed E-state index contributed by atoms with van der Waals surface area (Å²) < 4.78 is 5.31. The molecule has 0 radical (unpaired) electrons. The molecule has 2 rings (SSSR count). The van der Waals surface area contributed by atoms with Gasteiger partial charge in [0.05, 0.1) is 12.0 Å². The molecule has 4 nitrogen and oxygen atoms in total. The molecule has 128 valence electrons. The summed E-state index contributed by atoms with van der Waals surface area (Å²) in [6.07, 6.45) is 2.26. The van der Waals surface area contributed by atoms with Gasteiger partial charge >= 0.3 is 0 Å². The van der Waals surface area contributed by atoms with E-state index in [9.17, 15) is 4.79 Å². The fourth-order valence-corrected chi connectivity index (χ4v) is 3.55. The van der Waals surface area contributed by atoms with Crippen molar-refractivity contribution >= 4 is 29.1 Å². The maximum absolute atomic E-state index is 12.8. The van der Waals surface area contributed by atoms with Crippen LogP contribution >= 0.6 is 23.2 Å². The van der Waals surface area contributed by atoms with E-state index in [2.05, 4.69) is 10.6 Å². The van der Waals surface area contributed by atoms with Crippen LogP contribution in [0.4, 0.5) is 0 Å². The van der Waals surface area contributed by atoms with E-state index in [4.69, 9.17) is 27.9 Å². The van der Waals surface area contributed by atoms with Crippen LogP contribution in [-0.2, 0) is 16.0 Å². The lowest BCUT2D eigenvalue weighted by Gasteiger charge is -2.36. The average molecular weight is 359 g/mol. The van der Waals surface area contributed by atoms with Gasteiger partial charge in [0.2, 0.25) is 5.91 Å². The lowest BCUT2D eigenvalue weighted by Crippen LogP contribution is -2.52. The highest BCUT2D eigenvalue weighted by atomic mass is 35.5. The van der Waals surface area contributed by atoms with Crippen LogP contribution in [0.15, 0.2) is 18.2 Å². The smallest absolute Gasteiger partial charge is 0.228 e. The second kappa shape index (κ2) is 8.34. The molecule has 1 aromatic carbocycles. The van der Waals surface area contributed by atoms with Crippen molar-refractivity contribution in [1.29, 1.82) is 0 Å². The zero-order chi connectivity index (χ0) is 16.9. The SMILES string of the molecule is COCC1(C(=O)NC(C)Cc2ccc(Cl)cc2Cl)CCNCC1. The Labute approximate surface area is 147 Å². The summed E-state index contributed by atoms with van der Waals surface area (Å²) in [7, 11) is 1.65. The molecule has 0 saturated carbocycles. The summed E-state index contributed by atoms with van der Waals surface area (Å²) in [6.45, 7) is 4.13. The van der Waals surface area contributed by atoms with Gasteiger partial charge < -0.3 is 15.4 Å². The van der Waals surface area contributed by atoms with Gasteiger partial charge in [0.25, 0.3) is 0 Å². The Kier molecular flexibility index (Phi) is 6.72. The first kappa shape index (κ1) is 18.5. The molecule has 1 aliphatic heterocycles. The predicted octanol–water partition coefficient (Wildman–Crippen LogP) is 3.06. The Morgan fingerprint density at radius 1 is 1.39 bits per heavy atom. The lowest BCUT2D eigenvalue weighted by molar-refractivity contribution is -0.136. The van der Waals surface area contributed by atoms with E-state index in [0.29, 0.717) is 23.1 Å². The van der Waals surface area contributed by atoms with Crippen molar-refractivity contribution in [3.8, 4) is 0 Å². The van der Waals surface area contributed by atoms with Crippen LogP contribution < -0.4 is 10.6 Å². The molecular weight excluding hydrogens is 335 g/mol. The highest BCUT2D eigenvalue weighted by molar-refractivity contribution is 6.35. The summed E-state index contributed by atoms with van der Waals surface area (Å²) >= 11 is 12.1. The Balaban J connectivity index is 2.00. The molecule has 0 spiro atoms. The third-order valence-corrected chi connectivity index (χ3v) is 4.97. The van der Waals surface area contributed by atoms with E-state index in [0.717, 1.165) is 31.5 Å². The van der Waals surface area contributed by atoms with Gasteiger partial charge in [-0.05, 0) is 57.0 Å². The van der Waals surface area contributed by atoms with Gasteiger partial charge in [0.15, 0.2) is 0 Å². The Morgan fingerprint density at radius 2 is 2.09 bits per heavy atom. The van der Waals surface area contributed by atoms with Gasteiger partial charge in [-0.3, -0.25) is 4.79 Å². The molecule has 1 heterocycles. The maximum Gasteiger partial charge on any atom is 0.228 e. The molecule has 1 saturated heterocycles. The second-order valence-electron chi connectivity index (χ2n) is 6.28. The van der Waals surface area contributed by atoms with Crippen molar-refractivity contribution in [2.45, 2.75) is 32.2 Å². The van der Waals surface area contributed by atoms with E-state index in [1.807, 2.05) is 19.1 Å². The number of hydrogen-bond acceptors (Lipinski definition) is 3. The van der Waals surface area contributed by atoms with Crippen LogP contribution in [0, 0.1) is 5.41 Å². The van der Waals surface area contributed by atoms with Gasteiger partial charge in [-0.2, -0.15) is 0 Å². The Bertz CT molecular complexity index is 540. The molecule has 6 heteroatoms. The summed E-state index contributed by atoms with van der Waals surface area (Å²) in [5, 5.41) is 7.67. The fraction of sp³-hybridized carbons (Fsp3) is 0.588. The molecule has 2 N–H and O–H groups in total. The van der Waals surface area contributed by atoms with Crippen molar-refractivity contribution in [1.82, 2.24) is 10.6 Å². The molecule has 0 aliphatic carbocycles. The van der Waals surface area contributed by atoms with Crippen molar-refractivity contribution < 1.29 is 9.53 Å². The number of piperidine rings is 1. The van der Waals surface area contributed by atoms with E-state index < -0.39 is 5.41 Å². The van der Waals surface area contributed by atoms with Crippen molar-refractivity contribution in [2.75, 3.05) is 26.8 Å². The molecule has 0 bridgehead atoms. The number of methoxy groups -OCH3 is 1. The molecule has 1 fully saturated rings. The second-order valence-corrected chi connectivity index (χ2v) is 7.12. The summed E-state index contributed by atoms with van der Waals surface area (Å²) in [4.78, 5) is 12.8. The zero-order valence-corrected chi connectivity index (χ0v) is 15.1. The first-order valence-corrected chi connectivity index (χ1v) is 8.67. The number of rotatable bonds is 6. The molecule has 23 heavy (non-hydrogen) atoms. The van der Waals surface area contributed by atoms with Gasteiger partial charge in [0, 0.05) is 23.2 Å². The Hall–Kier alpha value is -0.810. The van der Waals surface area contributed by atoms with Gasteiger partial charge in [-0.25, -0.2) is 0 Å². The van der Waals surface area contributed by atoms with Crippen LogP contribution in [0.5, 0.6) is 0 Å². The number of hydrogen-bond donors (Lipinski definition) is 2. The summed E-state index contributed by atoms with van der Waals surface area (Å²) in [5.41, 5.74) is 0.549. The van der Waals surface area contributed by atoms with Crippen LogP contribution in [0.25, 0.3) is 0 Å². The largest absolute Gasteiger partial charge is 0.384 e. The fourth-order valence-electron chi connectivity index (χ4n) is 3.06. The topological polar surface area (TPSA) is 50.4 Å². The van der Waals surface area contributed by atoms with Crippen LogP contribution in [0.3, 0.4) is 0 Å². The number of ether oxygens (including phenoxy) is 1. The molecule has 1 unspecified atom stereocenters. The van der Waals surface area contributed by atoms with E-state index in [1.54, 1.807) is 13.2 Å². The summed E-state index contributed by atoms with van der Waals surface area (Å²) in [5.74, 6) is 0.0680. The van der Waals surface area contributed by atoms with Crippen molar-refractivity contribution in [2.24, 2.45) is 5.41 Å². The normalized spacial score (nSPS) is 18.4. The van der Waals surface area contributed by atoms with Crippen LogP contribution in [0.1, 0.15) is 25.3 Å². The molecule has 1 aliphatic rings. The van der Waals surface area contributed by atoms with Crippen LogP contribution in [-0.4, -0.2) is 38.8 Å². The Morgan fingerprint density at radius 3 is 2.70 bits per heavy atom. The molecule has 0 aromatic heterocycles. The van der Waals surface area contributed by atoms with E-state index in [1.165, 1.54) is 0 Å². The van der Waals surface area contributed by atoms with Gasteiger partial charge in [-0.15, -0.1) is 0 Å². The standard InChI is InChI=1S/C17H24Cl2N2O2/c1-12(9-13-3-4-14(18)10-15(13)19)21-16(22)17(11-23-2)5-7-20-8-6-17/h3-4,10,12,20H,5-9,11H2,1-2H3,(H,21,22). The third kappa shape index (κ3) is 4.83. The van der Waals surface area contributed by atoms with Gasteiger partial charge in [0.1, 0.15) is 0 Å². The van der Waals surface area contributed by atoms with Crippen molar-refractivity contribution in [3.05, 3.63) is 33.8 Å².